The van der Waals surface area contributed by atoms with Gasteiger partial charge in [-0.2, -0.15) is 5.26 Å². The third kappa shape index (κ3) is 1.25. The van der Waals surface area contributed by atoms with E-state index in [2.05, 4.69) is 41.5 Å². The van der Waals surface area contributed by atoms with Crippen LogP contribution in [0.5, 0.6) is 0 Å². The van der Waals surface area contributed by atoms with Crippen LogP contribution in [0, 0.1) is 17.2 Å². The Labute approximate surface area is 95.2 Å². The lowest BCUT2D eigenvalue weighted by Crippen LogP contribution is -2.40. The summed E-state index contributed by atoms with van der Waals surface area (Å²) in [6, 6.07) is 2.51. The van der Waals surface area contributed by atoms with E-state index in [1.54, 1.807) is 0 Å². The minimum atomic E-state index is 0.191. The second kappa shape index (κ2) is 3.53. The quantitative estimate of drug-likeness (QED) is 0.612. The highest BCUT2D eigenvalue weighted by atomic mass is 15.1. The Morgan fingerprint density at radius 1 is 1.25 bits per heavy atom. The summed E-state index contributed by atoms with van der Waals surface area (Å²) in [6.45, 7) is 0. The van der Waals surface area contributed by atoms with Crippen molar-refractivity contribution in [3.8, 4) is 6.07 Å². The smallest absolute Gasteiger partial charge is 0.0969 e. The van der Waals surface area contributed by atoms with Crippen molar-refractivity contribution in [3.63, 3.8) is 0 Å². The van der Waals surface area contributed by atoms with Crippen LogP contribution in [0.3, 0.4) is 0 Å². The van der Waals surface area contributed by atoms with Gasteiger partial charge in [-0.1, -0.05) is 18.2 Å². The van der Waals surface area contributed by atoms with E-state index in [0.717, 1.165) is 12.0 Å². The molecule has 2 heterocycles. The van der Waals surface area contributed by atoms with Gasteiger partial charge in [-0.05, 0) is 30.2 Å². The predicted molar refractivity (Wildman–Crippen MR) is 62.9 cm³/mol. The van der Waals surface area contributed by atoms with Crippen molar-refractivity contribution in [2.45, 2.75) is 12.5 Å². The largest absolute Gasteiger partial charge is 0.346 e. The van der Waals surface area contributed by atoms with E-state index in [1.807, 2.05) is 18.4 Å². The van der Waals surface area contributed by atoms with Crippen LogP contribution in [0.1, 0.15) is 6.42 Å². The third-order valence-electron chi connectivity index (χ3n) is 3.37. The topological polar surface area (TPSA) is 27.0 Å². The number of hydrogen-bond donors (Lipinski definition) is 0. The molecule has 0 radical (unpaired) electrons. The van der Waals surface area contributed by atoms with Gasteiger partial charge >= 0.3 is 0 Å². The maximum atomic E-state index is 9.18. The van der Waals surface area contributed by atoms with Crippen LogP contribution in [-0.4, -0.2) is 10.9 Å². The van der Waals surface area contributed by atoms with Gasteiger partial charge in [0.05, 0.1) is 17.7 Å². The maximum absolute atomic E-state index is 9.18. The van der Waals surface area contributed by atoms with E-state index < -0.39 is 0 Å². The maximum Gasteiger partial charge on any atom is 0.0969 e. The summed E-state index contributed by atoms with van der Waals surface area (Å²) in [5, 5.41) is 9.18. The standard InChI is InChI=1S/C14H12N2/c15-10-12-5-3-8-16-9-7-11-4-1-2-6-13(11)14(12)16/h1-5,7-9,13-14H,6H2. The summed E-state index contributed by atoms with van der Waals surface area (Å²) in [5.41, 5.74) is 2.19. The third-order valence-corrected chi connectivity index (χ3v) is 3.37. The average molecular weight is 208 g/mol. The highest BCUT2D eigenvalue weighted by Crippen LogP contribution is 2.36. The Morgan fingerprint density at radius 2 is 2.19 bits per heavy atom. The molecule has 0 aromatic carbocycles. The molecule has 0 fully saturated rings. The Bertz CT molecular complexity index is 497. The Kier molecular flexibility index (Phi) is 2.04. The number of nitrogens with zero attached hydrogens (tertiary/aromatic N) is 2. The fraction of sp³-hybridized carbons (Fsp3) is 0.214. The number of hydrogen-bond acceptors (Lipinski definition) is 2. The van der Waals surface area contributed by atoms with Crippen LogP contribution in [0.4, 0.5) is 0 Å². The molecule has 16 heavy (non-hydrogen) atoms. The molecule has 2 heteroatoms. The summed E-state index contributed by atoms with van der Waals surface area (Å²) in [5.74, 6) is 0.422. The second-order valence-electron chi connectivity index (χ2n) is 4.22. The summed E-state index contributed by atoms with van der Waals surface area (Å²) in [7, 11) is 0. The summed E-state index contributed by atoms with van der Waals surface area (Å²) in [4.78, 5) is 2.14. The molecule has 2 aliphatic heterocycles. The van der Waals surface area contributed by atoms with Crippen LogP contribution < -0.4 is 0 Å². The summed E-state index contributed by atoms with van der Waals surface area (Å²) < 4.78 is 0. The van der Waals surface area contributed by atoms with Gasteiger partial charge in [0.25, 0.3) is 0 Å². The van der Waals surface area contributed by atoms with Gasteiger partial charge in [-0.15, -0.1) is 0 Å². The highest BCUT2D eigenvalue weighted by Gasteiger charge is 2.34. The van der Waals surface area contributed by atoms with E-state index >= 15 is 0 Å². The molecule has 0 bridgehead atoms. The van der Waals surface area contributed by atoms with Crippen molar-refractivity contribution in [1.29, 1.82) is 5.26 Å². The molecule has 0 spiro atoms. The van der Waals surface area contributed by atoms with Gasteiger partial charge in [-0.25, -0.2) is 0 Å². The summed E-state index contributed by atoms with van der Waals surface area (Å²) in [6.07, 6.45) is 17.6. The van der Waals surface area contributed by atoms with Gasteiger partial charge in [0.1, 0.15) is 0 Å². The highest BCUT2D eigenvalue weighted by molar-refractivity contribution is 5.44. The van der Waals surface area contributed by atoms with E-state index in [4.69, 9.17) is 0 Å². The van der Waals surface area contributed by atoms with Gasteiger partial charge in [0, 0.05) is 18.3 Å². The fourth-order valence-corrected chi connectivity index (χ4v) is 2.59. The molecular weight excluding hydrogens is 196 g/mol. The summed E-state index contributed by atoms with van der Waals surface area (Å²) >= 11 is 0. The van der Waals surface area contributed by atoms with Crippen LogP contribution in [0.2, 0.25) is 0 Å². The first-order valence-corrected chi connectivity index (χ1v) is 5.51. The molecule has 2 atom stereocenters. The van der Waals surface area contributed by atoms with Crippen LogP contribution in [-0.2, 0) is 0 Å². The second-order valence-corrected chi connectivity index (χ2v) is 4.22. The Balaban J connectivity index is 2.06. The zero-order valence-corrected chi connectivity index (χ0v) is 8.88. The van der Waals surface area contributed by atoms with Crippen molar-refractivity contribution >= 4 is 0 Å². The van der Waals surface area contributed by atoms with Crippen LogP contribution in [0.15, 0.2) is 60.0 Å². The fourth-order valence-electron chi connectivity index (χ4n) is 2.59. The first-order valence-electron chi connectivity index (χ1n) is 5.51. The minimum Gasteiger partial charge on any atom is -0.346 e. The molecule has 0 N–H and O–H groups in total. The number of allylic oxidation sites excluding steroid dienone is 6. The predicted octanol–water partition coefficient (Wildman–Crippen LogP) is 2.66. The Morgan fingerprint density at radius 3 is 3.06 bits per heavy atom. The van der Waals surface area contributed by atoms with Crippen molar-refractivity contribution in [2.75, 3.05) is 0 Å². The lowest BCUT2D eigenvalue weighted by atomic mass is 9.78. The first-order chi connectivity index (χ1) is 7.90. The van der Waals surface area contributed by atoms with E-state index in [-0.39, 0.29) is 6.04 Å². The molecule has 2 nitrogen and oxygen atoms in total. The molecule has 3 aliphatic rings. The molecule has 0 saturated carbocycles. The zero-order chi connectivity index (χ0) is 11.0. The molecule has 0 saturated heterocycles. The Hall–Kier alpha value is -2.01. The van der Waals surface area contributed by atoms with E-state index in [0.29, 0.717) is 5.92 Å². The molecule has 2 unspecified atom stereocenters. The number of fused-ring (bicyclic) bond motifs is 3. The number of nitriles is 1. The van der Waals surface area contributed by atoms with Gasteiger partial charge < -0.3 is 4.90 Å². The molecule has 0 aromatic heterocycles. The number of rotatable bonds is 0. The van der Waals surface area contributed by atoms with E-state index in [9.17, 15) is 5.26 Å². The molecule has 1 aliphatic carbocycles. The van der Waals surface area contributed by atoms with Gasteiger partial charge in [0.2, 0.25) is 0 Å². The SMILES string of the molecule is N#CC1=CC=CN2C=CC3=CC=CCC3C12. The lowest BCUT2D eigenvalue weighted by Gasteiger charge is -2.40. The molecular formula is C14H12N2. The van der Waals surface area contributed by atoms with Crippen molar-refractivity contribution in [1.82, 2.24) is 4.90 Å². The molecule has 0 amide bonds. The van der Waals surface area contributed by atoms with Crippen LogP contribution >= 0.6 is 0 Å². The monoisotopic (exact) mass is 208 g/mol. The van der Waals surface area contributed by atoms with E-state index in [1.165, 1.54) is 5.57 Å². The van der Waals surface area contributed by atoms with Crippen LogP contribution in [0.25, 0.3) is 0 Å². The van der Waals surface area contributed by atoms with Crippen molar-refractivity contribution in [2.24, 2.45) is 5.92 Å². The molecule has 78 valence electrons. The minimum absolute atomic E-state index is 0.191. The van der Waals surface area contributed by atoms with Gasteiger partial charge in [-0.3, -0.25) is 0 Å². The zero-order valence-electron chi connectivity index (χ0n) is 8.88. The molecule has 0 aromatic rings. The average Bonchev–Trinajstić information content (AvgIpc) is 2.37. The van der Waals surface area contributed by atoms with Crippen molar-refractivity contribution < 1.29 is 0 Å². The normalized spacial score (nSPS) is 30.1. The van der Waals surface area contributed by atoms with Crippen molar-refractivity contribution in [3.05, 3.63) is 60.0 Å². The lowest BCUT2D eigenvalue weighted by molar-refractivity contribution is 0.313. The first kappa shape index (κ1) is 9.23. The molecule has 3 rings (SSSR count). The van der Waals surface area contributed by atoms with Gasteiger partial charge in [0.15, 0.2) is 0 Å².